The number of para-hydroxylation sites is 1. The zero-order valence-corrected chi connectivity index (χ0v) is 11.1. The lowest BCUT2D eigenvalue weighted by atomic mass is 10.2. The maximum Gasteiger partial charge on any atom is 0.261 e. The molecule has 2 aromatic heterocycles. The fourth-order valence-electron chi connectivity index (χ4n) is 2.26. The van der Waals surface area contributed by atoms with E-state index in [1.807, 2.05) is 41.4 Å². The van der Waals surface area contributed by atoms with Gasteiger partial charge in [0.15, 0.2) is 0 Å². The van der Waals surface area contributed by atoms with Crippen LogP contribution in [0.2, 0.25) is 0 Å². The maximum atomic E-state index is 12.3. The van der Waals surface area contributed by atoms with E-state index in [0.717, 1.165) is 24.9 Å². The number of imidazole rings is 1. The maximum absolute atomic E-state index is 12.3. The lowest BCUT2D eigenvalue weighted by molar-refractivity contribution is 0.542. The van der Waals surface area contributed by atoms with Crippen molar-refractivity contribution < 1.29 is 0 Å². The molecule has 2 heterocycles. The smallest absolute Gasteiger partial charge is 0.261 e. The zero-order chi connectivity index (χ0) is 13.8. The third-order valence-electron chi connectivity index (χ3n) is 3.36. The van der Waals surface area contributed by atoms with Gasteiger partial charge in [-0.25, -0.2) is 9.97 Å². The van der Waals surface area contributed by atoms with Crippen LogP contribution in [0.15, 0.2) is 54.1 Å². The minimum Gasteiger partial charge on any atom is -0.337 e. The minimum atomic E-state index is 0.0400. The molecule has 0 saturated heterocycles. The van der Waals surface area contributed by atoms with Gasteiger partial charge in [0.2, 0.25) is 0 Å². The Hall–Kier alpha value is -2.43. The molecule has 102 valence electrons. The summed E-state index contributed by atoms with van der Waals surface area (Å²) in [6, 6.07) is 7.45. The molecule has 0 aliphatic heterocycles. The van der Waals surface area contributed by atoms with E-state index in [-0.39, 0.29) is 5.56 Å². The molecule has 3 aromatic rings. The third kappa shape index (κ3) is 2.61. The molecule has 0 saturated carbocycles. The van der Waals surface area contributed by atoms with Crippen LogP contribution >= 0.6 is 0 Å². The number of hydrogen-bond donors (Lipinski definition) is 0. The normalized spacial score (nSPS) is 11.0. The van der Waals surface area contributed by atoms with Gasteiger partial charge in [0, 0.05) is 25.5 Å². The van der Waals surface area contributed by atoms with Crippen molar-refractivity contribution in [2.24, 2.45) is 0 Å². The Labute approximate surface area is 116 Å². The van der Waals surface area contributed by atoms with Crippen molar-refractivity contribution in [1.82, 2.24) is 19.1 Å². The SMILES string of the molecule is O=c1c2ccccc2ncn1CCCCn1ccnc1. The van der Waals surface area contributed by atoms with Gasteiger partial charge in [-0.1, -0.05) is 12.1 Å². The molecule has 0 radical (unpaired) electrons. The van der Waals surface area contributed by atoms with Crippen molar-refractivity contribution in [3.8, 4) is 0 Å². The molecule has 0 unspecified atom stereocenters. The van der Waals surface area contributed by atoms with E-state index in [9.17, 15) is 4.79 Å². The van der Waals surface area contributed by atoms with Crippen LogP contribution in [0.4, 0.5) is 0 Å². The molecule has 0 aliphatic rings. The van der Waals surface area contributed by atoms with E-state index in [1.165, 1.54) is 0 Å². The Morgan fingerprint density at radius 2 is 1.90 bits per heavy atom. The Morgan fingerprint density at radius 1 is 1.05 bits per heavy atom. The summed E-state index contributed by atoms with van der Waals surface area (Å²) in [5, 5.41) is 0.685. The molecule has 0 bridgehead atoms. The van der Waals surface area contributed by atoms with Crippen molar-refractivity contribution in [3.63, 3.8) is 0 Å². The average molecular weight is 268 g/mol. The summed E-state index contributed by atoms with van der Waals surface area (Å²) in [6.07, 6.45) is 9.13. The second-order valence-corrected chi connectivity index (χ2v) is 4.77. The van der Waals surface area contributed by atoms with E-state index in [4.69, 9.17) is 0 Å². The van der Waals surface area contributed by atoms with Gasteiger partial charge in [-0.05, 0) is 25.0 Å². The van der Waals surface area contributed by atoms with Crippen LogP contribution in [-0.2, 0) is 13.1 Å². The topological polar surface area (TPSA) is 52.7 Å². The van der Waals surface area contributed by atoms with E-state index < -0.39 is 0 Å². The lowest BCUT2D eigenvalue weighted by Gasteiger charge is -2.06. The van der Waals surface area contributed by atoms with Gasteiger partial charge in [-0.2, -0.15) is 0 Å². The molecule has 1 aromatic carbocycles. The predicted molar refractivity (Wildman–Crippen MR) is 77.5 cm³/mol. The molecule has 0 N–H and O–H groups in total. The van der Waals surface area contributed by atoms with Crippen LogP contribution in [0, 0.1) is 0 Å². The average Bonchev–Trinajstić information content (AvgIpc) is 2.99. The van der Waals surface area contributed by atoms with Crippen LogP contribution in [0.5, 0.6) is 0 Å². The Morgan fingerprint density at radius 3 is 2.75 bits per heavy atom. The molecule has 5 heteroatoms. The van der Waals surface area contributed by atoms with E-state index in [1.54, 1.807) is 17.1 Å². The van der Waals surface area contributed by atoms with Crippen molar-refractivity contribution in [2.45, 2.75) is 25.9 Å². The van der Waals surface area contributed by atoms with Gasteiger partial charge >= 0.3 is 0 Å². The van der Waals surface area contributed by atoms with Gasteiger partial charge in [-0.3, -0.25) is 9.36 Å². The second-order valence-electron chi connectivity index (χ2n) is 4.77. The minimum absolute atomic E-state index is 0.0400. The quantitative estimate of drug-likeness (QED) is 0.666. The van der Waals surface area contributed by atoms with Crippen molar-refractivity contribution in [1.29, 1.82) is 0 Å². The number of benzene rings is 1. The molecule has 0 spiro atoms. The Kier molecular flexibility index (Phi) is 3.58. The van der Waals surface area contributed by atoms with Crippen LogP contribution in [0.1, 0.15) is 12.8 Å². The van der Waals surface area contributed by atoms with Crippen LogP contribution in [0.3, 0.4) is 0 Å². The number of aromatic nitrogens is 4. The first-order valence-corrected chi connectivity index (χ1v) is 6.74. The van der Waals surface area contributed by atoms with Gasteiger partial charge in [0.25, 0.3) is 5.56 Å². The predicted octanol–water partition coefficient (Wildman–Crippen LogP) is 2.07. The lowest BCUT2D eigenvalue weighted by Crippen LogP contribution is -2.20. The fourth-order valence-corrected chi connectivity index (χ4v) is 2.26. The van der Waals surface area contributed by atoms with E-state index >= 15 is 0 Å². The van der Waals surface area contributed by atoms with Crippen molar-refractivity contribution >= 4 is 10.9 Å². The molecular formula is C15H16N4O. The first kappa shape index (κ1) is 12.6. The third-order valence-corrected chi connectivity index (χ3v) is 3.36. The highest BCUT2D eigenvalue weighted by atomic mass is 16.1. The van der Waals surface area contributed by atoms with Gasteiger partial charge < -0.3 is 4.57 Å². The van der Waals surface area contributed by atoms with Crippen LogP contribution in [-0.4, -0.2) is 19.1 Å². The summed E-state index contributed by atoms with van der Waals surface area (Å²) >= 11 is 0. The van der Waals surface area contributed by atoms with Crippen molar-refractivity contribution in [2.75, 3.05) is 0 Å². The largest absolute Gasteiger partial charge is 0.337 e. The number of aryl methyl sites for hydroxylation is 2. The summed E-state index contributed by atoms with van der Waals surface area (Å²) < 4.78 is 3.73. The molecule has 0 aliphatic carbocycles. The highest BCUT2D eigenvalue weighted by Gasteiger charge is 2.02. The van der Waals surface area contributed by atoms with Gasteiger partial charge in [-0.15, -0.1) is 0 Å². The first-order chi connectivity index (χ1) is 9.84. The second kappa shape index (κ2) is 5.69. The monoisotopic (exact) mass is 268 g/mol. The van der Waals surface area contributed by atoms with Crippen LogP contribution in [0.25, 0.3) is 10.9 Å². The van der Waals surface area contributed by atoms with Crippen molar-refractivity contribution in [3.05, 3.63) is 59.7 Å². The van der Waals surface area contributed by atoms with Gasteiger partial charge in [0.1, 0.15) is 0 Å². The number of nitrogens with zero attached hydrogens (tertiary/aromatic N) is 4. The molecule has 20 heavy (non-hydrogen) atoms. The molecule has 0 fully saturated rings. The van der Waals surface area contributed by atoms with Gasteiger partial charge in [0.05, 0.1) is 23.6 Å². The summed E-state index contributed by atoms with van der Waals surface area (Å²) in [7, 11) is 0. The Balaban J connectivity index is 1.66. The first-order valence-electron chi connectivity index (χ1n) is 6.74. The van der Waals surface area contributed by atoms with E-state index in [0.29, 0.717) is 11.9 Å². The molecule has 5 nitrogen and oxygen atoms in total. The molecule has 3 rings (SSSR count). The fraction of sp³-hybridized carbons (Fsp3) is 0.267. The number of unbranched alkanes of at least 4 members (excludes halogenated alkanes) is 1. The highest BCUT2D eigenvalue weighted by Crippen LogP contribution is 2.05. The number of fused-ring (bicyclic) bond motifs is 1. The number of hydrogen-bond acceptors (Lipinski definition) is 3. The zero-order valence-electron chi connectivity index (χ0n) is 11.1. The standard InChI is InChI=1S/C15H16N4O/c20-15-13-5-1-2-6-14(13)17-12-19(15)9-4-3-8-18-10-7-16-11-18/h1-2,5-7,10-12H,3-4,8-9H2. The highest BCUT2D eigenvalue weighted by molar-refractivity contribution is 5.76. The molecular weight excluding hydrogens is 252 g/mol. The van der Waals surface area contributed by atoms with Crippen LogP contribution < -0.4 is 5.56 Å². The summed E-state index contributed by atoms with van der Waals surface area (Å²) in [5.74, 6) is 0. The molecule has 0 amide bonds. The number of rotatable bonds is 5. The summed E-state index contributed by atoms with van der Waals surface area (Å²) in [5.41, 5.74) is 0.797. The molecule has 0 atom stereocenters. The summed E-state index contributed by atoms with van der Waals surface area (Å²) in [6.45, 7) is 1.63. The summed E-state index contributed by atoms with van der Waals surface area (Å²) in [4.78, 5) is 20.6. The van der Waals surface area contributed by atoms with E-state index in [2.05, 4.69) is 9.97 Å². The Bertz CT molecular complexity index is 746.